The average molecular weight is 331 g/mol. The highest BCUT2D eigenvalue weighted by Crippen LogP contribution is 2.35. The van der Waals surface area contributed by atoms with Crippen molar-refractivity contribution in [1.82, 2.24) is 4.98 Å². The van der Waals surface area contributed by atoms with Gasteiger partial charge in [0.25, 0.3) is 0 Å². The summed E-state index contributed by atoms with van der Waals surface area (Å²) in [6.45, 7) is -0.851. The standard InChI is InChI=1S/C17H17FN2O2S/c1-19-17-5-3-12(9-20-17)15-6-11-2-4-14(7-16(11)23-15)22-10-13(21)8-18/h2-7,9,13,21H,8,10H2,1H3,(H,19,20)/t13-/m1/s1/i18-1. The van der Waals surface area contributed by atoms with Crippen LogP contribution in [0.15, 0.2) is 42.6 Å². The summed E-state index contributed by atoms with van der Waals surface area (Å²) in [5, 5.41) is 13.3. The first kappa shape index (κ1) is 15.7. The number of aromatic nitrogens is 1. The lowest BCUT2D eigenvalue weighted by molar-refractivity contribution is 0.0842. The van der Waals surface area contributed by atoms with E-state index in [9.17, 15) is 9.50 Å². The molecular weight excluding hydrogens is 314 g/mol. The van der Waals surface area contributed by atoms with E-state index in [2.05, 4.69) is 16.4 Å². The summed E-state index contributed by atoms with van der Waals surface area (Å²) >= 11 is 1.64. The molecule has 0 aliphatic heterocycles. The molecule has 4 nitrogen and oxygen atoms in total. The van der Waals surface area contributed by atoms with Crippen LogP contribution in [0, 0.1) is 0 Å². The minimum Gasteiger partial charge on any atom is -0.491 e. The van der Waals surface area contributed by atoms with Crippen LogP contribution in [0.5, 0.6) is 5.75 Å². The lowest BCUT2D eigenvalue weighted by atomic mass is 10.2. The first-order valence-corrected chi connectivity index (χ1v) is 8.06. The van der Waals surface area contributed by atoms with Gasteiger partial charge >= 0.3 is 0 Å². The van der Waals surface area contributed by atoms with Gasteiger partial charge in [-0.3, -0.25) is 0 Å². The number of ether oxygens (including phenoxy) is 1. The first-order chi connectivity index (χ1) is 11.2. The van der Waals surface area contributed by atoms with Crippen molar-refractivity contribution < 1.29 is 14.2 Å². The number of nitrogens with zero attached hydrogens (tertiary/aromatic N) is 1. The van der Waals surface area contributed by atoms with Gasteiger partial charge in [0.1, 0.15) is 31.0 Å². The first-order valence-electron chi connectivity index (χ1n) is 7.24. The van der Waals surface area contributed by atoms with Gasteiger partial charge in [0.05, 0.1) is 0 Å². The third-order valence-electron chi connectivity index (χ3n) is 3.42. The Bertz CT molecular complexity index is 789. The summed E-state index contributed by atoms with van der Waals surface area (Å²) in [5.74, 6) is 1.46. The van der Waals surface area contributed by atoms with Crippen LogP contribution in [-0.2, 0) is 0 Å². The van der Waals surface area contributed by atoms with Crippen LogP contribution in [0.1, 0.15) is 0 Å². The number of fused-ring (bicyclic) bond motifs is 1. The average Bonchev–Trinajstić information content (AvgIpc) is 3.03. The number of nitrogens with one attached hydrogen (secondary N) is 1. The Morgan fingerprint density at radius 1 is 1.30 bits per heavy atom. The predicted molar refractivity (Wildman–Crippen MR) is 92.1 cm³/mol. The van der Waals surface area contributed by atoms with Gasteiger partial charge < -0.3 is 15.2 Å². The summed E-state index contributed by atoms with van der Waals surface area (Å²) < 4.78 is 18.7. The molecule has 3 aromatic rings. The molecular formula is C17H17FN2O2S. The molecule has 2 heterocycles. The fourth-order valence-corrected chi connectivity index (χ4v) is 3.25. The van der Waals surface area contributed by atoms with E-state index < -0.39 is 12.8 Å². The van der Waals surface area contributed by atoms with Crippen LogP contribution in [0.25, 0.3) is 20.5 Å². The number of pyridine rings is 1. The highest BCUT2D eigenvalue weighted by Gasteiger charge is 2.08. The summed E-state index contributed by atoms with van der Waals surface area (Å²) in [6.07, 6.45) is 0.757. The Kier molecular flexibility index (Phi) is 4.73. The van der Waals surface area contributed by atoms with Crippen molar-refractivity contribution in [3.63, 3.8) is 0 Å². The van der Waals surface area contributed by atoms with E-state index in [1.54, 1.807) is 11.3 Å². The van der Waals surface area contributed by atoms with E-state index in [1.807, 2.05) is 43.6 Å². The van der Waals surface area contributed by atoms with Crippen molar-refractivity contribution in [1.29, 1.82) is 0 Å². The van der Waals surface area contributed by atoms with Gasteiger partial charge in [0.15, 0.2) is 0 Å². The van der Waals surface area contributed by atoms with Crippen molar-refractivity contribution >= 4 is 27.2 Å². The lowest BCUT2D eigenvalue weighted by Gasteiger charge is -2.08. The maximum Gasteiger partial charge on any atom is 0.125 e. The molecule has 0 saturated heterocycles. The number of alkyl halides is 1. The van der Waals surface area contributed by atoms with Gasteiger partial charge in [-0.25, -0.2) is 9.37 Å². The molecule has 120 valence electrons. The third-order valence-corrected chi connectivity index (χ3v) is 4.56. The van der Waals surface area contributed by atoms with E-state index in [0.717, 1.165) is 26.3 Å². The molecule has 0 amide bonds. The van der Waals surface area contributed by atoms with Gasteiger partial charge in [0.2, 0.25) is 0 Å². The molecule has 0 saturated carbocycles. The van der Waals surface area contributed by atoms with Crippen molar-refractivity contribution in [3.8, 4) is 16.2 Å². The number of thiophene rings is 1. The Balaban J connectivity index is 1.83. The predicted octanol–water partition coefficient (Wildman–Crippen LogP) is 3.71. The number of hydrogen-bond acceptors (Lipinski definition) is 5. The molecule has 0 radical (unpaired) electrons. The minimum absolute atomic E-state index is 0.0460. The molecule has 1 aromatic carbocycles. The van der Waals surface area contributed by atoms with Crippen LogP contribution < -0.4 is 10.1 Å². The van der Waals surface area contributed by atoms with Crippen molar-refractivity contribution in [2.75, 3.05) is 25.6 Å². The molecule has 0 aliphatic rings. The van der Waals surface area contributed by atoms with E-state index in [1.165, 1.54) is 0 Å². The number of hydrogen-bond donors (Lipinski definition) is 2. The monoisotopic (exact) mass is 331 g/mol. The molecule has 23 heavy (non-hydrogen) atoms. The number of aliphatic hydroxyl groups excluding tert-OH is 1. The molecule has 2 N–H and O–H groups in total. The summed E-state index contributed by atoms with van der Waals surface area (Å²) in [7, 11) is 1.84. The maximum absolute atomic E-state index is 12.2. The van der Waals surface area contributed by atoms with Crippen LogP contribution in [0.4, 0.5) is 10.2 Å². The van der Waals surface area contributed by atoms with Crippen molar-refractivity contribution in [3.05, 3.63) is 42.6 Å². The van der Waals surface area contributed by atoms with Gasteiger partial charge in [-0.15, -0.1) is 11.3 Å². The molecule has 0 aliphatic carbocycles. The second-order valence-corrected chi connectivity index (χ2v) is 6.20. The molecule has 0 fully saturated rings. The molecule has 6 heteroatoms. The summed E-state index contributed by atoms with van der Waals surface area (Å²) in [4.78, 5) is 5.45. The van der Waals surface area contributed by atoms with Crippen LogP contribution in [-0.4, -0.2) is 36.5 Å². The van der Waals surface area contributed by atoms with Crippen molar-refractivity contribution in [2.45, 2.75) is 6.10 Å². The smallest absolute Gasteiger partial charge is 0.125 e. The topological polar surface area (TPSA) is 54.4 Å². The highest BCUT2D eigenvalue weighted by molar-refractivity contribution is 7.22. The van der Waals surface area contributed by atoms with Crippen LogP contribution in [0.2, 0.25) is 0 Å². The summed E-state index contributed by atoms with van der Waals surface area (Å²) in [6, 6.07) is 11.8. The SMILES string of the molecule is CNc1ccc(-c2cc3ccc(OC[C@H](O)C[18F])cc3s2)cn1. The highest BCUT2D eigenvalue weighted by atomic mass is 32.1. The molecule has 1 atom stereocenters. The minimum atomic E-state index is -1.08. The number of rotatable bonds is 6. The van der Waals surface area contributed by atoms with Crippen LogP contribution in [0.3, 0.4) is 0 Å². The number of benzene rings is 1. The van der Waals surface area contributed by atoms with E-state index in [-0.39, 0.29) is 6.61 Å². The Morgan fingerprint density at radius 3 is 2.87 bits per heavy atom. The van der Waals surface area contributed by atoms with Gasteiger partial charge in [0, 0.05) is 28.4 Å². The summed E-state index contributed by atoms with van der Waals surface area (Å²) in [5.41, 5.74) is 1.06. The molecule has 3 rings (SSSR count). The second-order valence-electron chi connectivity index (χ2n) is 5.11. The zero-order chi connectivity index (χ0) is 16.2. The number of anilines is 1. The molecule has 0 unspecified atom stereocenters. The lowest BCUT2D eigenvalue weighted by Crippen LogP contribution is -2.19. The largest absolute Gasteiger partial charge is 0.491 e. The van der Waals surface area contributed by atoms with Gasteiger partial charge in [-0.1, -0.05) is 0 Å². The Labute approximate surface area is 137 Å². The normalized spacial score (nSPS) is 12.3. The molecule has 0 spiro atoms. The maximum atomic E-state index is 12.2. The third kappa shape index (κ3) is 3.60. The van der Waals surface area contributed by atoms with Gasteiger partial charge in [-0.2, -0.15) is 0 Å². The zero-order valence-electron chi connectivity index (χ0n) is 12.6. The van der Waals surface area contributed by atoms with Crippen molar-refractivity contribution in [2.24, 2.45) is 0 Å². The van der Waals surface area contributed by atoms with Gasteiger partial charge in [-0.05, 0) is 41.8 Å². The van der Waals surface area contributed by atoms with Crippen LogP contribution >= 0.6 is 11.3 Å². The van der Waals surface area contributed by atoms with E-state index in [4.69, 9.17) is 4.74 Å². The Hall–Kier alpha value is -2.18. The Morgan fingerprint density at radius 2 is 2.17 bits per heavy atom. The quantitative estimate of drug-likeness (QED) is 0.723. The molecule has 2 aromatic heterocycles. The van der Waals surface area contributed by atoms with E-state index >= 15 is 0 Å². The fraction of sp³-hybridized carbons (Fsp3) is 0.235. The fourth-order valence-electron chi connectivity index (χ4n) is 2.17. The number of aliphatic hydroxyl groups is 1. The van der Waals surface area contributed by atoms with E-state index in [0.29, 0.717) is 5.75 Å². The second kappa shape index (κ2) is 6.93. The molecule has 0 bridgehead atoms. The number of halogens is 1. The zero-order valence-corrected chi connectivity index (χ0v) is 13.4.